The highest BCUT2D eigenvalue weighted by molar-refractivity contribution is 7.10. The molecule has 0 amide bonds. The highest BCUT2D eigenvalue weighted by Gasteiger charge is 2.33. The van der Waals surface area contributed by atoms with E-state index in [9.17, 15) is 9.59 Å². The molecule has 0 radical (unpaired) electrons. The molecule has 0 N–H and O–H groups in total. The molecule has 0 spiro atoms. The molecular weight excluding hydrogens is 480 g/mol. The average Bonchev–Trinajstić information content (AvgIpc) is 3.48. The summed E-state index contributed by atoms with van der Waals surface area (Å²) in [6, 6.07) is 11.7. The molecule has 5 rings (SSSR count). The fourth-order valence-corrected chi connectivity index (χ4v) is 6.38. The van der Waals surface area contributed by atoms with Crippen LogP contribution in [0.3, 0.4) is 0 Å². The third-order valence-electron chi connectivity index (χ3n) is 6.39. The van der Waals surface area contributed by atoms with Crippen molar-refractivity contribution < 1.29 is 9.53 Å². The molecule has 1 fully saturated rings. The van der Waals surface area contributed by atoms with Crippen molar-refractivity contribution in [1.29, 1.82) is 0 Å². The topological polar surface area (TPSA) is 67.1 Å². The Morgan fingerprint density at radius 1 is 1.17 bits per heavy atom. The van der Waals surface area contributed by atoms with Gasteiger partial charge in [0.1, 0.15) is 6.04 Å². The Morgan fingerprint density at radius 3 is 2.57 bits per heavy atom. The largest absolute Gasteiger partial charge is 0.463 e. The number of fused-ring (bicyclic) bond motifs is 1. The molecule has 4 heterocycles. The second-order valence-electron chi connectivity index (χ2n) is 8.70. The summed E-state index contributed by atoms with van der Waals surface area (Å²) in [5.41, 5.74) is 3.02. The van der Waals surface area contributed by atoms with Gasteiger partial charge in [-0.15, -0.1) is 11.3 Å². The monoisotopic (exact) mass is 508 g/mol. The molecule has 0 bridgehead atoms. The molecule has 35 heavy (non-hydrogen) atoms. The Kier molecular flexibility index (Phi) is 6.73. The Bertz CT molecular complexity index is 1430. The molecule has 1 unspecified atom stereocenters. The van der Waals surface area contributed by atoms with E-state index < -0.39 is 12.0 Å². The first-order valence-electron chi connectivity index (χ1n) is 11.7. The molecule has 1 saturated heterocycles. The maximum atomic E-state index is 13.6. The molecule has 3 aromatic rings. The molecule has 182 valence electrons. The average molecular weight is 509 g/mol. The predicted octanol–water partition coefficient (Wildman–Crippen LogP) is 2.61. The van der Waals surface area contributed by atoms with E-state index in [4.69, 9.17) is 4.74 Å². The number of hydrogen-bond donors (Lipinski definition) is 0. The van der Waals surface area contributed by atoms with E-state index in [1.807, 2.05) is 23.6 Å². The summed E-state index contributed by atoms with van der Waals surface area (Å²) in [6.45, 7) is 7.99. The summed E-state index contributed by atoms with van der Waals surface area (Å²) in [5, 5.41) is 1.95. The zero-order valence-electron chi connectivity index (χ0n) is 20.1. The molecule has 7 nitrogen and oxygen atoms in total. The minimum atomic E-state index is -0.535. The van der Waals surface area contributed by atoms with E-state index in [2.05, 4.69) is 46.1 Å². The molecule has 0 saturated carbocycles. The number of ether oxygens (including phenoxy) is 1. The van der Waals surface area contributed by atoms with Crippen LogP contribution in [0.4, 0.5) is 5.69 Å². The van der Waals surface area contributed by atoms with Crippen molar-refractivity contribution in [1.82, 2.24) is 9.47 Å². The summed E-state index contributed by atoms with van der Waals surface area (Å²) < 4.78 is 7.56. The number of esters is 1. The maximum Gasteiger partial charge on any atom is 0.338 e. The first kappa shape index (κ1) is 23.7. The van der Waals surface area contributed by atoms with Gasteiger partial charge in [0.2, 0.25) is 0 Å². The van der Waals surface area contributed by atoms with Gasteiger partial charge in [-0.3, -0.25) is 9.36 Å². The second-order valence-corrected chi connectivity index (χ2v) is 10.7. The van der Waals surface area contributed by atoms with Gasteiger partial charge in [0.15, 0.2) is 4.80 Å². The van der Waals surface area contributed by atoms with Crippen LogP contribution in [0.5, 0.6) is 0 Å². The predicted molar refractivity (Wildman–Crippen MR) is 141 cm³/mol. The summed E-state index contributed by atoms with van der Waals surface area (Å²) in [7, 11) is 2.15. The Labute approximate surface area is 211 Å². The quantitative estimate of drug-likeness (QED) is 0.496. The minimum absolute atomic E-state index is 0.149. The minimum Gasteiger partial charge on any atom is -0.463 e. The summed E-state index contributed by atoms with van der Waals surface area (Å²) >= 11 is 2.87. The van der Waals surface area contributed by atoms with Gasteiger partial charge in [-0.1, -0.05) is 29.5 Å². The number of benzene rings is 1. The summed E-state index contributed by atoms with van der Waals surface area (Å²) in [4.78, 5) is 37.3. The van der Waals surface area contributed by atoms with Crippen molar-refractivity contribution >= 4 is 40.4 Å². The van der Waals surface area contributed by atoms with Gasteiger partial charge >= 0.3 is 5.97 Å². The number of carbonyl (C=O) groups excluding carboxylic acids is 1. The van der Waals surface area contributed by atoms with Crippen LogP contribution in [0.1, 0.15) is 30.3 Å². The van der Waals surface area contributed by atoms with Crippen LogP contribution in [0.25, 0.3) is 6.08 Å². The number of rotatable bonds is 5. The number of anilines is 1. The third kappa shape index (κ3) is 4.63. The Hall–Kier alpha value is -3.01. The first-order chi connectivity index (χ1) is 17.0. The molecule has 1 atom stereocenters. The number of aromatic nitrogens is 1. The van der Waals surface area contributed by atoms with Crippen molar-refractivity contribution in [2.75, 3.05) is 44.7 Å². The van der Waals surface area contributed by atoms with Gasteiger partial charge in [0.25, 0.3) is 5.56 Å². The highest BCUT2D eigenvalue weighted by Crippen LogP contribution is 2.33. The van der Waals surface area contributed by atoms with Crippen LogP contribution in [-0.4, -0.2) is 55.3 Å². The third-order valence-corrected chi connectivity index (χ3v) is 8.30. The van der Waals surface area contributed by atoms with E-state index >= 15 is 0 Å². The Balaban J connectivity index is 1.53. The van der Waals surface area contributed by atoms with Crippen molar-refractivity contribution in [2.45, 2.75) is 19.9 Å². The number of thiophene rings is 1. The van der Waals surface area contributed by atoms with Gasteiger partial charge < -0.3 is 14.5 Å². The van der Waals surface area contributed by atoms with Crippen LogP contribution in [0.2, 0.25) is 0 Å². The molecule has 2 aliphatic rings. The van der Waals surface area contributed by atoms with Crippen molar-refractivity contribution in [3.63, 3.8) is 0 Å². The normalized spacial score (nSPS) is 19.0. The standard InChI is InChI=1S/C26H28N4O3S2/c1-4-33-25(32)22-17(2)27-26-30(23(22)20-6-5-15-34-20)24(31)21(35-26)16-18-7-9-19(10-8-18)29-13-11-28(3)12-14-29/h5-10,15-16,23H,4,11-14H2,1-3H3/b21-16-. The van der Waals surface area contributed by atoms with Crippen LogP contribution in [-0.2, 0) is 9.53 Å². The smallest absolute Gasteiger partial charge is 0.338 e. The lowest BCUT2D eigenvalue weighted by Gasteiger charge is -2.34. The van der Waals surface area contributed by atoms with Crippen LogP contribution >= 0.6 is 22.7 Å². The van der Waals surface area contributed by atoms with Crippen LogP contribution in [0.15, 0.2) is 62.8 Å². The first-order valence-corrected chi connectivity index (χ1v) is 13.4. The lowest BCUT2D eigenvalue weighted by molar-refractivity contribution is -0.139. The van der Waals surface area contributed by atoms with Gasteiger partial charge in [-0.05, 0) is 56.1 Å². The molecule has 1 aromatic carbocycles. The van der Waals surface area contributed by atoms with Crippen molar-refractivity contribution in [3.05, 3.63) is 83.2 Å². The Morgan fingerprint density at radius 2 is 1.91 bits per heavy atom. The fourth-order valence-electron chi connectivity index (χ4n) is 4.50. The molecule has 9 heteroatoms. The molecule has 2 aromatic heterocycles. The van der Waals surface area contributed by atoms with Crippen molar-refractivity contribution in [3.8, 4) is 0 Å². The number of nitrogens with zero attached hydrogens (tertiary/aromatic N) is 4. The van der Waals surface area contributed by atoms with Crippen molar-refractivity contribution in [2.24, 2.45) is 4.99 Å². The fraction of sp³-hybridized carbons (Fsp3) is 0.346. The van der Waals surface area contributed by atoms with E-state index in [0.717, 1.165) is 36.6 Å². The molecule has 0 aliphatic carbocycles. The van der Waals surface area contributed by atoms with Crippen LogP contribution in [0, 0.1) is 0 Å². The number of allylic oxidation sites excluding steroid dienone is 1. The lowest BCUT2D eigenvalue weighted by atomic mass is 10.0. The lowest BCUT2D eigenvalue weighted by Crippen LogP contribution is -2.44. The van der Waals surface area contributed by atoms with E-state index in [-0.39, 0.29) is 12.2 Å². The summed E-state index contributed by atoms with van der Waals surface area (Å²) in [6.07, 6.45) is 1.91. The number of likely N-dealkylation sites (N-methyl/N-ethyl adjacent to an activating group) is 1. The van der Waals surface area contributed by atoms with E-state index in [0.29, 0.717) is 20.6 Å². The summed E-state index contributed by atoms with van der Waals surface area (Å²) in [5.74, 6) is -0.430. The van der Waals surface area contributed by atoms with E-state index in [1.165, 1.54) is 28.4 Å². The van der Waals surface area contributed by atoms with Gasteiger partial charge in [0, 0.05) is 36.7 Å². The maximum absolute atomic E-state index is 13.6. The second kappa shape index (κ2) is 9.93. The zero-order chi connectivity index (χ0) is 24.5. The van der Waals surface area contributed by atoms with Crippen LogP contribution < -0.4 is 19.8 Å². The zero-order valence-corrected chi connectivity index (χ0v) is 21.7. The van der Waals surface area contributed by atoms with Gasteiger partial charge in [-0.2, -0.15) is 0 Å². The molecule has 2 aliphatic heterocycles. The SMILES string of the molecule is CCOC(=O)C1=C(C)N=c2s/c(=C\c3ccc(N4CCN(C)CC4)cc3)c(=O)n2C1c1cccs1. The number of carbonyl (C=O) groups is 1. The van der Waals surface area contributed by atoms with Gasteiger partial charge in [-0.25, -0.2) is 9.79 Å². The number of piperazine rings is 1. The van der Waals surface area contributed by atoms with Gasteiger partial charge in [0.05, 0.1) is 22.4 Å². The highest BCUT2D eigenvalue weighted by atomic mass is 32.1. The number of thiazole rings is 1. The number of hydrogen-bond acceptors (Lipinski definition) is 8. The van der Waals surface area contributed by atoms with E-state index in [1.54, 1.807) is 18.4 Å². The molecular formula is C26H28N4O3S2.